The molecule has 0 atom stereocenters. The Bertz CT molecular complexity index is 2930. The SMILES string of the molecule is c1ccc(-c2ccc(-c3nc(-c4ccc5c(c4)oc4cccc(-c6cccc(-c7ccccc7)c6)c45)nc(-c4cccc5ccccc45)n3)cc2)cc1. The highest BCUT2D eigenvalue weighted by Crippen LogP contribution is 2.39. The maximum Gasteiger partial charge on any atom is 0.164 e. The highest BCUT2D eigenvalue weighted by Gasteiger charge is 2.18. The van der Waals surface area contributed by atoms with Gasteiger partial charge in [-0.3, -0.25) is 0 Å². The summed E-state index contributed by atoms with van der Waals surface area (Å²) in [7, 11) is 0. The minimum Gasteiger partial charge on any atom is -0.456 e. The van der Waals surface area contributed by atoms with Crippen molar-refractivity contribution in [3.63, 3.8) is 0 Å². The summed E-state index contributed by atoms with van der Waals surface area (Å²) in [5.41, 5.74) is 11.3. The molecule has 0 radical (unpaired) electrons. The Kier molecular flexibility index (Phi) is 7.43. The summed E-state index contributed by atoms with van der Waals surface area (Å²) in [6, 6.07) is 65.2. The van der Waals surface area contributed by atoms with E-state index in [0.717, 1.165) is 71.7 Å². The van der Waals surface area contributed by atoms with Crippen LogP contribution in [0, 0.1) is 0 Å². The van der Waals surface area contributed by atoms with E-state index in [-0.39, 0.29) is 0 Å². The minimum atomic E-state index is 0.586. The van der Waals surface area contributed by atoms with Crippen LogP contribution in [0.3, 0.4) is 0 Å². The quantitative estimate of drug-likeness (QED) is 0.176. The molecule has 0 spiro atoms. The fourth-order valence-corrected chi connectivity index (χ4v) is 7.32. The first-order valence-corrected chi connectivity index (χ1v) is 17.8. The fourth-order valence-electron chi connectivity index (χ4n) is 7.32. The average Bonchev–Trinajstić information content (AvgIpc) is 3.62. The van der Waals surface area contributed by atoms with Gasteiger partial charge in [0.15, 0.2) is 17.5 Å². The standard InChI is InChI=1S/C49H31N3O/c1-3-12-32(13-4-1)34-24-26-36(27-25-34)47-50-48(52-49(51-47)42-22-10-17-35-16-7-8-20-40(35)42)39-28-29-43-45(31-39)53-44-23-11-21-41(46(43)44)38-19-9-18-37(30-38)33-14-5-2-6-15-33/h1-31H. The molecule has 0 bridgehead atoms. The molecule has 0 saturated heterocycles. The van der Waals surface area contributed by atoms with Gasteiger partial charge < -0.3 is 4.42 Å². The largest absolute Gasteiger partial charge is 0.456 e. The van der Waals surface area contributed by atoms with Gasteiger partial charge in [0.2, 0.25) is 0 Å². The van der Waals surface area contributed by atoms with Gasteiger partial charge in [-0.2, -0.15) is 0 Å². The maximum atomic E-state index is 6.56. The maximum absolute atomic E-state index is 6.56. The van der Waals surface area contributed by atoms with Gasteiger partial charge in [0, 0.05) is 27.5 Å². The summed E-state index contributed by atoms with van der Waals surface area (Å²) in [5, 5.41) is 4.36. The second kappa shape index (κ2) is 12.9. The summed E-state index contributed by atoms with van der Waals surface area (Å²) in [5.74, 6) is 1.82. The summed E-state index contributed by atoms with van der Waals surface area (Å²) in [6.45, 7) is 0. The topological polar surface area (TPSA) is 51.8 Å². The number of rotatable bonds is 6. The lowest BCUT2D eigenvalue weighted by Crippen LogP contribution is -2.00. The van der Waals surface area contributed by atoms with Crippen LogP contribution >= 0.6 is 0 Å². The minimum absolute atomic E-state index is 0.586. The van der Waals surface area contributed by atoms with Crippen molar-refractivity contribution < 1.29 is 4.42 Å². The summed E-state index contributed by atoms with van der Waals surface area (Å²) in [4.78, 5) is 15.3. The predicted molar refractivity (Wildman–Crippen MR) is 217 cm³/mol. The van der Waals surface area contributed by atoms with E-state index in [9.17, 15) is 0 Å². The Labute approximate surface area is 306 Å². The monoisotopic (exact) mass is 677 g/mol. The smallest absolute Gasteiger partial charge is 0.164 e. The lowest BCUT2D eigenvalue weighted by Gasteiger charge is -2.11. The van der Waals surface area contributed by atoms with Crippen molar-refractivity contribution in [2.45, 2.75) is 0 Å². The Morgan fingerprint density at radius 2 is 0.849 bits per heavy atom. The van der Waals surface area contributed by atoms with E-state index >= 15 is 0 Å². The molecule has 0 N–H and O–H groups in total. The van der Waals surface area contributed by atoms with Gasteiger partial charge in [-0.05, 0) is 68.4 Å². The molecule has 4 nitrogen and oxygen atoms in total. The highest BCUT2D eigenvalue weighted by molar-refractivity contribution is 6.13. The molecule has 0 aliphatic carbocycles. The molecule has 0 unspecified atom stereocenters. The third kappa shape index (κ3) is 5.63. The van der Waals surface area contributed by atoms with Gasteiger partial charge in [0.05, 0.1) is 0 Å². The molecule has 0 saturated carbocycles. The summed E-state index contributed by atoms with van der Waals surface area (Å²) in [6.07, 6.45) is 0. The van der Waals surface area contributed by atoms with Crippen molar-refractivity contribution in [3.8, 4) is 67.5 Å². The number of fused-ring (bicyclic) bond motifs is 4. The van der Waals surface area contributed by atoms with Crippen LogP contribution in [0.15, 0.2) is 192 Å². The zero-order chi connectivity index (χ0) is 35.1. The van der Waals surface area contributed by atoms with E-state index in [1.807, 2.05) is 18.2 Å². The Morgan fingerprint density at radius 1 is 0.302 bits per heavy atom. The van der Waals surface area contributed by atoms with Gasteiger partial charge in [0.1, 0.15) is 11.2 Å². The van der Waals surface area contributed by atoms with Crippen LogP contribution in [0.25, 0.3) is 100 Å². The first kappa shape index (κ1) is 30.6. The molecular weight excluding hydrogens is 647 g/mol. The highest BCUT2D eigenvalue weighted by atomic mass is 16.3. The predicted octanol–water partition coefficient (Wildman–Crippen LogP) is 12.9. The molecule has 0 aliphatic heterocycles. The van der Waals surface area contributed by atoms with E-state index in [0.29, 0.717) is 17.5 Å². The van der Waals surface area contributed by atoms with E-state index in [2.05, 4.69) is 170 Å². The summed E-state index contributed by atoms with van der Waals surface area (Å²) < 4.78 is 6.56. The second-order valence-electron chi connectivity index (χ2n) is 13.2. The Hall–Kier alpha value is -7.17. The molecule has 8 aromatic carbocycles. The average molecular weight is 678 g/mol. The first-order chi connectivity index (χ1) is 26.2. The number of hydrogen-bond acceptors (Lipinski definition) is 4. The van der Waals surface area contributed by atoms with Crippen molar-refractivity contribution >= 4 is 32.7 Å². The zero-order valence-corrected chi connectivity index (χ0v) is 28.6. The first-order valence-electron chi connectivity index (χ1n) is 17.8. The van der Waals surface area contributed by atoms with E-state index < -0.39 is 0 Å². The van der Waals surface area contributed by atoms with Crippen molar-refractivity contribution in [2.24, 2.45) is 0 Å². The van der Waals surface area contributed by atoms with Gasteiger partial charge in [-0.25, -0.2) is 15.0 Å². The molecular formula is C49H31N3O. The Balaban J connectivity index is 1.11. The van der Waals surface area contributed by atoms with E-state index in [4.69, 9.17) is 19.4 Å². The van der Waals surface area contributed by atoms with Crippen LogP contribution in [-0.2, 0) is 0 Å². The van der Waals surface area contributed by atoms with Gasteiger partial charge in [0.25, 0.3) is 0 Å². The lowest BCUT2D eigenvalue weighted by atomic mass is 9.96. The third-order valence-corrected chi connectivity index (χ3v) is 9.95. The number of nitrogens with zero attached hydrogens (tertiary/aromatic N) is 3. The normalized spacial score (nSPS) is 11.4. The molecule has 53 heavy (non-hydrogen) atoms. The number of benzene rings is 8. The number of hydrogen-bond donors (Lipinski definition) is 0. The van der Waals surface area contributed by atoms with E-state index in [1.165, 1.54) is 11.1 Å². The number of aromatic nitrogens is 3. The van der Waals surface area contributed by atoms with E-state index in [1.54, 1.807) is 0 Å². The molecule has 10 rings (SSSR count). The lowest BCUT2D eigenvalue weighted by molar-refractivity contribution is 0.669. The summed E-state index contributed by atoms with van der Waals surface area (Å²) >= 11 is 0. The zero-order valence-electron chi connectivity index (χ0n) is 28.6. The van der Waals surface area contributed by atoms with Crippen LogP contribution in [-0.4, -0.2) is 15.0 Å². The van der Waals surface area contributed by atoms with Gasteiger partial charge in [-0.1, -0.05) is 164 Å². The van der Waals surface area contributed by atoms with Crippen LogP contribution in [0.4, 0.5) is 0 Å². The van der Waals surface area contributed by atoms with Crippen molar-refractivity contribution in [1.82, 2.24) is 15.0 Å². The number of furan rings is 1. The molecule has 4 heteroatoms. The third-order valence-electron chi connectivity index (χ3n) is 9.95. The van der Waals surface area contributed by atoms with Gasteiger partial charge >= 0.3 is 0 Å². The molecule has 10 aromatic rings. The van der Waals surface area contributed by atoms with Crippen LogP contribution in [0.1, 0.15) is 0 Å². The van der Waals surface area contributed by atoms with Crippen molar-refractivity contribution in [3.05, 3.63) is 188 Å². The molecule has 248 valence electrons. The fraction of sp³-hybridized carbons (Fsp3) is 0. The molecule has 0 amide bonds. The van der Waals surface area contributed by atoms with Crippen molar-refractivity contribution in [2.75, 3.05) is 0 Å². The van der Waals surface area contributed by atoms with Crippen LogP contribution in [0.2, 0.25) is 0 Å². The second-order valence-corrected chi connectivity index (χ2v) is 13.2. The molecule has 2 heterocycles. The van der Waals surface area contributed by atoms with Gasteiger partial charge in [-0.15, -0.1) is 0 Å². The van der Waals surface area contributed by atoms with Crippen LogP contribution < -0.4 is 0 Å². The molecule has 2 aromatic heterocycles. The molecule has 0 fully saturated rings. The van der Waals surface area contributed by atoms with Crippen molar-refractivity contribution in [1.29, 1.82) is 0 Å². The van der Waals surface area contributed by atoms with Crippen LogP contribution in [0.5, 0.6) is 0 Å². The Morgan fingerprint density at radius 3 is 1.66 bits per heavy atom. The molecule has 0 aliphatic rings.